The lowest BCUT2D eigenvalue weighted by Crippen LogP contribution is -2.27. The molecule has 5 heteroatoms. The van der Waals surface area contributed by atoms with E-state index in [2.05, 4.69) is 16.5 Å². The Labute approximate surface area is 123 Å². The zero-order valence-corrected chi connectivity index (χ0v) is 12.3. The largest absolute Gasteiger partial charge is 0.379 e. The van der Waals surface area contributed by atoms with Crippen LogP contribution < -0.4 is 10.9 Å². The molecular weight excluding hydrogens is 274 g/mol. The fraction of sp³-hybridized carbons (Fsp3) is 0.600. The molecule has 1 N–H and O–H groups in total. The highest BCUT2D eigenvalue weighted by molar-refractivity contribution is 6.32. The Morgan fingerprint density at radius 2 is 2.30 bits per heavy atom. The molecule has 1 fully saturated rings. The molecule has 4 nitrogen and oxygen atoms in total. The standard InChI is InChI=1S/C15H20ClN3O/c16-13-9-18-19(10-12-5-6-12)15(20)14(13)17-8-7-11-3-1-2-4-11/h3,9,12,17H,1-2,4-8,10H2. The number of nitrogens with zero attached hydrogens (tertiary/aromatic N) is 2. The number of aromatic nitrogens is 2. The van der Waals surface area contributed by atoms with E-state index >= 15 is 0 Å². The zero-order chi connectivity index (χ0) is 13.9. The Morgan fingerprint density at radius 3 is 3.00 bits per heavy atom. The maximum absolute atomic E-state index is 12.3. The molecule has 2 aliphatic rings. The number of hydrogen-bond acceptors (Lipinski definition) is 3. The number of rotatable bonds is 6. The Morgan fingerprint density at radius 1 is 1.45 bits per heavy atom. The smallest absolute Gasteiger partial charge is 0.291 e. The summed E-state index contributed by atoms with van der Waals surface area (Å²) in [5.41, 5.74) is 1.90. The van der Waals surface area contributed by atoms with Gasteiger partial charge in [-0.15, -0.1) is 0 Å². The van der Waals surface area contributed by atoms with Crippen molar-refractivity contribution in [3.8, 4) is 0 Å². The van der Waals surface area contributed by atoms with Crippen molar-refractivity contribution in [2.24, 2.45) is 5.92 Å². The molecule has 1 heterocycles. The van der Waals surface area contributed by atoms with E-state index in [1.54, 1.807) is 10.9 Å². The van der Waals surface area contributed by atoms with E-state index in [1.807, 2.05) is 0 Å². The van der Waals surface area contributed by atoms with Crippen LogP contribution in [0.4, 0.5) is 5.69 Å². The van der Waals surface area contributed by atoms with Crippen LogP contribution in [0.15, 0.2) is 22.6 Å². The topological polar surface area (TPSA) is 46.9 Å². The SMILES string of the molecule is O=c1c(NCCC2=CCCC2)c(Cl)cnn1CC1CC1. The second-order valence-corrected chi connectivity index (χ2v) is 6.14. The van der Waals surface area contributed by atoms with Crippen LogP contribution in [-0.2, 0) is 6.54 Å². The fourth-order valence-electron chi connectivity index (χ4n) is 2.62. The molecule has 2 aliphatic carbocycles. The van der Waals surface area contributed by atoms with E-state index in [9.17, 15) is 4.79 Å². The van der Waals surface area contributed by atoms with Crippen LogP contribution in [0.5, 0.6) is 0 Å². The molecule has 0 spiro atoms. The van der Waals surface area contributed by atoms with Gasteiger partial charge in [0.2, 0.25) is 0 Å². The second-order valence-electron chi connectivity index (χ2n) is 5.73. The van der Waals surface area contributed by atoms with Crippen LogP contribution in [0.25, 0.3) is 0 Å². The number of hydrogen-bond donors (Lipinski definition) is 1. The highest BCUT2D eigenvalue weighted by Crippen LogP contribution is 2.30. The van der Waals surface area contributed by atoms with Crippen molar-refractivity contribution < 1.29 is 0 Å². The summed E-state index contributed by atoms with van der Waals surface area (Å²) in [6, 6.07) is 0. The number of nitrogens with one attached hydrogen (secondary N) is 1. The lowest BCUT2D eigenvalue weighted by Gasteiger charge is -2.10. The molecule has 1 saturated carbocycles. The van der Waals surface area contributed by atoms with Crippen LogP contribution in [0.2, 0.25) is 5.02 Å². The minimum atomic E-state index is -0.0928. The maximum Gasteiger partial charge on any atom is 0.291 e. The zero-order valence-electron chi connectivity index (χ0n) is 11.6. The van der Waals surface area contributed by atoms with Gasteiger partial charge < -0.3 is 5.32 Å². The average molecular weight is 294 g/mol. The Balaban J connectivity index is 1.65. The van der Waals surface area contributed by atoms with Gasteiger partial charge in [-0.05, 0) is 44.4 Å². The van der Waals surface area contributed by atoms with Crippen molar-refractivity contribution in [2.45, 2.75) is 45.1 Å². The summed E-state index contributed by atoms with van der Waals surface area (Å²) < 4.78 is 1.54. The van der Waals surface area contributed by atoms with Crippen molar-refractivity contribution in [2.75, 3.05) is 11.9 Å². The lowest BCUT2D eigenvalue weighted by atomic mass is 10.2. The third-order valence-electron chi connectivity index (χ3n) is 4.01. The van der Waals surface area contributed by atoms with Gasteiger partial charge in [-0.25, -0.2) is 4.68 Å². The van der Waals surface area contributed by atoms with Gasteiger partial charge in [-0.1, -0.05) is 23.3 Å². The molecule has 0 radical (unpaired) electrons. The Kier molecular flexibility index (Phi) is 4.10. The van der Waals surface area contributed by atoms with Gasteiger partial charge in [-0.3, -0.25) is 4.79 Å². The summed E-state index contributed by atoms with van der Waals surface area (Å²) in [5.74, 6) is 0.623. The third-order valence-corrected chi connectivity index (χ3v) is 4.30. The molecule has 0 unspecified atom stereocenters. The molecule has 0 bridgehead atoms. The Bertz CT molecular complexity index is 575. The molecule has 0 atom stereocenters. The molecule has 0 amide bonds. The van der Waals surface area contributed by atoms with E-state index in [0.29, 0.717) is 16.6 Å². The molecule has 20 heavy (non-hydrogen) atoms. The first-order chi connectivity index (χ1) is 9.74. The van der Waals surface area contributed by atoms with Crippen molar-refractivity contribution in [3.63, 3.8) is 0 Å². The van der Waals surface area contributed by atoms with E-state index in [1.165, 1.54) is 37.7 Å². The van der Waals surface area contributed by atoms with Crippen LogP contribution in [-0.4, -0.2) is 16.3 Å². The van der Waals surface area contributed by atoms with E-state index in [4.69, 9.17) is 11.6 Å². The van der Waals surface area contributed by atoms with Gasteiger partial charge in [-0.2, -0.15) is 5.10 Å². The first kappa shape index (κ1) is 13.7. The monoisotopic (exact) mass is 293 g/mol. The van der Waals surface area contributed by atoms with Crippen LogP contribution in [0.3, 0.4) is 0 Å². The minimum absolute atomic E-state index is 0.0928. The summed E-state index contributed by atoms with van der Waals surface area (Å²) >= 11 is 6.10. The van der Waals surface area contributed by atoms with Crippen LogP contribution in [0.1, 0.15) is 38.5 Å². The average Bonchev–Trinajstić information content (AvgIpc) is 3.10. The van der Waals surface area contributed by atoms with Gasteiger partial charge in [0.25, 0.3) is 5.56 Å². The van der Waals surface area contributed by atoms with Crippen LogP contribution in [0, 0.1) is 5.92 Å². The predicted molar refractivity (Wildman–Crippen MR) is 81.3 cm³/mol. The first-order valence-electron chi connectivity index (χ1n) is 7.41. The lowest BCUT2D eigenvalue weighted by molar-refractivity contribution is 0.534. The normalized spacial score (nSPS) is 18.1. The molecule has 0 aliphatic heterocycles. The van der Waals surface area contributed by atoms with Crippen molar-refractivity contribution in [1.82, 2.24) is 9.78 Å². The van der Waals surface area contributed by atoms with Gasteiger partial charge >= 0.3 is 0 Å². The summed E-state index contributed by atoms with van der Waals surface area (Å²) in [5, 5.41) is 7.74. The molecule has 108 valence electrons. The predicted octanol–water partition coefficient (Wildman–Crippen LogP) is 3.22. The van der Waals surface area contributed by atoms with Gasteiger partial charge in [0.15, 0.2) is 0 Å². The third kappa shape index (κ3) is 3.23. The van der Waals surface area contributed by atoms with Crippen LogP contribution >= 0.6 is 11.6 Å². The van der Waals surface area contributed by atoms with Crippen molar-refractivity contribution in [1.29, 1.82) is 0 Å². The van der Waals surface area contributed by atoms with Crippen molar-refractivity contribution in [3.05, 3.63) is 33.2 Å². The summed E-state index contributed by atoms with van der Waals surface area (Å²) in [6.45, 7) is 1.48. The number of anilines is 1. The first-order valence-corrected chi connectivity index (χ1v) is 7.79. The minimum Gasteiger partial charge on any atom is -0.379 e. The van der Waals surface area contributed by atoms with E-state index < -0.39 is 0 Å². The second kappa shape index (κ2) is 6.00. The highest BCUT2D eigenvalue weighted by Gasteiger charge is 2.23. The number of halogens is 1. The number of allylic oxidation sites excluding steroid dienone is 1. The molecule has 0 saturated heterocycles. The molecule has 1 aromatic rings. The van der Waals surface area contributed by atoms with Gasteiger partial charge in [0.05, 0.1) is 11.2 Å². The highest BCUT2D eigenvalue weighted by atomic mass is 35.5. The van der Waals surface area contributed by atoms with Crippen molar-refractivity contribution >= 4 is 17.3 Å². The summed E-state index contributed by atoms with van der Waals surface area (Å²) in [6.07, 6.45) is 10.9. The van der Waals surface area contributed by atoms with E-state index in [0.717, 1.165) is 19.5 Å². The Hall–Kier alpha value is -1.29. The van der Waals surface area contributed by atoms with Gasteiger partial charge in [0, 0.05) is 13.1 Å². The fourth-order valence-corrected chi connectivity index (χ4v) is 2.81. The van der Waals surface area contributed by atoms with E-state index in [-0.39, 0.29) is 5.56 Å². The molecular formula is C15H20ClN3O. The molecule has 0 aromatic carbocycles. The van der Waals surface area contributed by atoms with Gasteiger partial charge in [0.1, 0.15) is 5.69 Å². The molecule has 3 rings (SSSR count). The molecule has 1 aromatic heterocycles. The summed E-state index contributed by atoms with van der Waals surface area (Å²) in [7, 11) is 0. The quantitative estimate of drug-likeness (QED) is 0.819. The maximum atomic E-state index is 12.3. The summed E-state index contributed by atoms with van der Waals surface area (Å²) in [4.78, 5) is 12.3.